The Morgan fingerprint density at radius 1 is 1.13 bits per heavy atom. The minimum absolute atomic E-state index is 0.164. The van der Waals surface area contributed by atoms with Crippen LogP contribution in [0.5, 0.6) is 5.75 Å². The van der Waals surface area contributed by atoms with Gasteiger partial charge in [-0.15, -0.1) is 0 Å². The average molecular weight is 419 g/mol. The van der Waals surface area contributed by atoms with Crippen LogP contribution in [0, 0.1) is 11.8 Å². The number of hydrogen-bond acceptors (Lipinski definition) is 4. The lowest BCUT2D eigenvalue weighted by molar-refractivity contribution is -0.122. The largest absolute Gasteiger partial charge is 0.483 e. The number of benzene rings is 2. The highest BCUT2D eigenvalue weighted by atomic mass is 19.3. The van der Waals surface area contributed by atoms with E-state index in [1.165, 1.54) is 0 Å². The molecule has 1 saturated heterocycles. The molecular formula is C23H27F2NO4. The summed E-state index contributed by atoms with van der Waals surface area (Å²) >= 11 is 0. The molecule has 1 aliphatic heterocycles. The third-order valence-electron chi connectivity index (χ3n) is 6.12. The van der Waals surface area contributed by atoms with Crippen LogP contribution in [0.15, 0.2) is 54.6 Å². The molecule has 2 aliphatic rings. The van der Waals surface area contributed by atoms with Crippen LogP contribution in [-0.2, 0) is 16.9 Å². The molecule has 30 heavy (non-hydrogen) atoms. The molecule has 162 valence electrons. The van der Waals surface area contributed by atoms with Gasteiger partial charge in [0, 0.05) is 31.1 Å². The molecule has 5 nitrogen and oxygen atoms in total. The fraction of sp³-hybridized carbons (Fsp3) is 0.435. The number of nitrogens with zero attached hydrogens (tertiary/aromatic N) is 1. The molecule has 0 bridgehead atoms. The van der Waals surface area contributed by atoms with Crippen LogP contribution in [0.4, 0.5) is 8.78 Å². The van der Waals surface area contributed by atoms with Crippen molar-refractivity contribution in [3.8, 4) is 5.75 Å². The van der Waals surface area contributed by atoms with Gasteiger partial charge in [0.05, 0.1) is 5.60 Å². The summed E-state index contributed by atoms with van der Waals surface area (Å²) in [6, 6.07) is 16.9. The quantitative estimate of drug-likeness (QED) is 0.714. The fourth-order valence-corrected chi connectivity index (χ4v) is 4.91. The summed E-state index contributed by atoms with van der Waals surface area (Å²) in [5, 5.41) is 18.4. The van der Waals surface area contributed by atoms with E-state index in [0.29, 0.717) is 12.5 Å². The number of halogens is 2. The summed E-state index contributed by atoms with van der Waals surface area (Å²) in [6.45, 7) is -0.877. The van der Waals surface area contributed by atoms with Crippen molar-refractivity contribution in [2.75, 3.05) is 13.1 Å². The van der Waals surface area contributed by atoms with Crippen LogP contribution in [0.1, 0.15) is 30.4 Å². The van der Waals surface area contributed by atoms with Crippen LogP contribution in [0.2, 0.25) is 0 Å². The van der Waals surface area contributed by atoms with Gasteiger partial charge in [0.1, 0.15) is 5.75 Å². The van der Waals surface area contributed by atoms with Gasteiger partial charge in [-0.05, 0) is 36.8 Å². The number of hydrogen-bond donors (Lipinski definition) is 2. The highest BCUT2D eigenvalue weighted by Gasteiger charge is 2.49. The van der Waals surface area contributed by atoms with Gasteiger partial charge < -0.3 is 14.9 Å². The van der Waals surface area contributed by atoms with E-state index >= 15 is 0 Å². The van der Waals surface area contributed by atoms with E-state index in [2.05, 4.69) is 9.64 Å². The van der Waals surface area contributed by atoms with Gasteiger partial charge in [0.25, 0.3) is 6.47 Å². The second-order valence-corrected chi connectivity index (χ2v) is 7.83. The topological polar surface area (TPSA) is 70.0 Å². The van der Waals surface area contributed by atoms with E-state index in [4.69, 9.17) is 9.90 Å². The molecule has 2 fully saturated rings. The Morgan fingerprint density at radius 3 is 2.50 bits per heavy atom. The molecule has 1 aliphatic carbocycles. The summed E-state index contributed by atoms with van der Waals surface area (Å²) in [6.07, 6.45) is 2.88. The van der Waals surface area contributed by atoms with Gasteiger partial charge in [-0.1, -0.05) is 48.5 Å². The van der Waals surface area contributed by atoms with Gasteiger partial charge >= 0.3 is 6.61 Å². The van der Waals surface area contributed by atoms with Crippen molar-refractivity contribution in [1.82, 2.24) is 4.90 Å². The third-order valence-corrected chi connectivity index (χ3v) is 6.12. The predicted molar refractivity (Wildman–Crippen MR) is 108 cm³/mol. The number of likely N-dealkylation sites (tertiary alicyclic amines) is 1. The number of carboxylic acid groups (broad SMARTS) is 1. The smallest absolute Gasteiger partial charge is 0.387 e. The third kappa shape index (κ3) is 4.96. The van der Waals surface area contributed by atoms with E-state index in [9.17, 15) is 13.9 Å². The van der Waals surface area contributed by atoms with Crippen LogP contribution >= 0.6 is 0 Å². The van der Waals surface area contributed by atoms with Crippen LogP contribution in [0.3, 0.4) is 0 Å². The van der Waals surface area contributed by atoms with E-state index < -0.39 is 12.2 Å². The number of ether oxygens (including phenoxy) is 1. The standard InChI is InChI=1S/C22H25F2NO2.CH2O2/c23-21(24)27-20-11-5-4-7-17(20)14-25-13-16-8-6-12-22(26,19(16)15-25)18-9-2-1-3-10-18;2-1-3/h1-5,7,9-11,16,19,21,26H,6,8,12-15H2;1H,(H,2,3)/t16-,19+,22+;/m0./s1. The summed E-state index contributed by atoms with van der Waals surface area (Å²) in [7, 11) is 0. The summed E-state index contributed by atoms with van der Waals surface area (Å²) in [4.78, 5) is 10.6. The highest BCUT2D eigenvalue weighted by Crippen LogP contribution is 2.48. The van der Waals surface area contributed by atoms with Crippen molar-refractivity contribution < 1.29 is 28.5 Å². The molecule has 0 amide bonds. The number of aliphatic hydroxyl groups is 1. The molecule has 2 N–H and O–H groups in total. The van der Waals surface area contributed by atoms with E-state index in [1.54, 1.807) is 12.1 Å². The first kappa shape index (κ1) is 22.2. The first-order chi connectivity index (χ1) is 14.5. The molecular weight excluding hydrogens is 392 g/mol. The van der Waals surface area contributed by atoms with Crippen molar-refractivity contribution >= 4 is 6.47 Å². The molecule has 0 radical (unpaired) electrons. The molecule has 4 rings (SSSR count). The van der Waals surface area contributed by atoms with Crippen molar-refractivity contribution in [1.29, 1.82) is 0 Å². The van der Waals surface area contributed by atoms with Gasteiger partial charge in [-0.2, -0.15) is 8.78 Å². The zero-order valence-corrected chi connectivity index (χ0v) is 16.7. The molecule has 0 unspecified atom stereocenters. The molecule has 2 aromatic rings. The zero-order valence-electron chi connectivity index (χ0n) is 16.7. The highest BCUT2D eigenvalue weighted by molar-refractivity contribution is 5.34. The van der Waals surface area contributed by atoms with E-state index in [-0.39, 0.29) is 18.1 Å². The Labute approximate surface area is 174 Å². The number of carbonyl (C=O) groups is 1. The van der Waals surface area contributed by atoms with Crippen LogP contribution in [0.25, 0.3) is 0 Å². The van der Waals surface area contributed by atoms with Crippen molar-refractivity contribution in [3.63, 3.8) is 0 Å². The maximum atomic E-state index is 12.7. The van der Waals surface area contributed by atoms with Gasteiger partial charge in [0.2, 0.25) is 0 Å². The first-order valence-corrected chi connectivity index (χ1v) is 10.1. The molecule has 3 atom stereocenters. The molecule has 0 spiro atoms. The Kier molecular flexibility index (Phi) is 7.39. The van der Waals surface area contributed by atoms with E-state index in [0.717, 1.165) is 43.5 Å². The molecule has 2 aromatic carbocycles. The van der Waals surface area contributed by atoms with Crippen LogP contribution in [-0.4, -0.2) is 41.3 Å². The Hall–Kier alpha value is -2.51. The van der Waals surface area contributed by atoms with Crippen molar-refractivity contribution in [3.05, 3.63) is 65.7 Å². The Bertz CT molecular complexity index is 820. The lowest BCUT2D eigenvalue weighted by Gasteiger charge is -2.41. The van der Waals surface area contributed by atoms with Gasteiger partial charge in [-0.3, -0.25) is 9.69 Å². The summed E-state index contributed by atoms with van der Waals surface area (Å²) < 4.78 is 30.0. The molecule has 0 aromatic heterocycles. The van der Waals surface area contributed by atoms with Gasteiger partial charge in [-0.25, -0.2) is 0 Å². The maximum absolute atomic E-state index is 12.7. The normalized spacial score (nSPS) is 25.9. The zero-order chi connectivity index (χ0) is 21.6. The second-order valence-electron chi connectivity index (χ2n) is 7.83. The first-order valence-electron chi connectivity index (χ1n) is 10.1. The summed E-state index contributed by atoms with van der Waals surface area (Å²) in [5.74, 6) is 0.824. The minimum Gasteiger partial charge on any atom is -0.483 e. The average Bonchev–Trinajstić information content (AvgIpc) is 3.15. The number of rotatable bonds is 5. The molecule has 1 heterocycles. The minimum atomic E-state index is -2.82. The van der Waals surface area contributed by atoms with Crippen molar-refractivity contribution in [2.24, 2.45) is 11.8 Å². The predicted octanol–water partition coefficient (Wildman–Crippen LogP) is 4.11. The fourth-order valence-electron chi connectivity index (χ4n) is 4.91. The maximum Gasteiger partial charge on any atom is 0.387 e. The second kappa shape index (κ2) is 10.00. The van der Waals surface area contributed by atoms with Crippen LogP contribution < -0.4 is 4.74 Å². The summed E-state index contributed by atoms with van der Waals surface area (Å²) in [5.41, 5.74) is 0.945. The van der Waals surface area contributed by atoms with Crippen molar-refractivity contribution in [2.45, 2.75) is 38.0 Å². The SMILES string of the molecule is O=CO.O[C@@]1(c2ccccc2)CCC[C@H]2CN(Cc3ccccc3OC(F)F)C[C@H]21. The van der Waals surface area contributed by atoms with E-state index in [1.807, 2.05) is 42.5 Å². The lowest BCUT2D eigenvalue weighted by Crippen LogP contribution is -2.42. The molecule has 1 saturated carbocycles. The Morgan fingerprint density at radius 2 is 1.80 bits per heavy atom. The number of alkyl halides is 2. The Balaban J connectivity index is 0.000000806. The monoisotopic (exact) mass is 419 g/mol. The number of para-hydroxylation sites is 1. The lowest BCUT2D eigenvalue weighted by atomic mass is 9.67. The number of fused-ring (bicyclic) bond motifs is 1. The molecule has 7 heteroatoms. The van der Waals surface area contributed by atoms with Gasteiger partial charge in [0.15, 0.2) is 0 Å².